The Kier molecular flexibility index (Phi) is 4.49. The van der Waals surface area contributed by atoms with Crippen LogP contribution in [-0.2, 0) is 0 Å². The van der Waals surface area contributed by atoms with Crippen LogP contribution >= 0.6 is 11.6 Å². The highest BCUT2D eigenvalue weighted by Gasteiger charge is 2.28. The van der Waals surface area contributed by atoms with Gasteiger partial charge in [0.05, 0.1) is 16.3 Å². The van der Waals surface area contributed by atoms with E-state index in [4.69, 9.17) is 11.6 Å². The van der Waals surface area contributed by atoms with Crippen molar-refractivity contribution in [1.82, 2.24) is 9.88 Å². The molecule has 0 radical (unpaired) electrons. The molecule has 2 fully saturated rings. The van der Waals surface area contributed by atoms with Crippen molar-refractivity contribution >= 4 is 28.2 Å². The van der Waals surface area contributed by atoms with E-state index in [0.717, 1.165) is 31.9 Å². The Bertz CT molecular complexity index is 833. The molecule has 6 heteroatoms. The van der Waals surface area contributed by atoms with Crippen LogP contribution in [0, 0.1) is 17.1 Å². The van der Waals surface area contributed by atoms with Gasteiger partial charge in [0.1, 0.15) is 17.4 Å². The van der Waals surface area contributed by atoms with Crippen LogP contribution in [0.4, 0.5) is 10.1 Å². The van der Waals surface area contributed by atoms with Gasteiger partial charge >= 0.3 is 0 Å². The summed E-state index contributed by atoms with van der Waals surface area (Å²) in [5.41, 5.74) is 1.41. The van der Waals surface area contributed by atoms with E-state index in [-0.39, 0.29) is 5.52 Å². The summed E-state index contributed by atoms with van der Waals surface area (Å²) in [5, 5.41) is 10.5. The zero-order valence-electron chi connectivity index (χ0n) is 14.0. The molecule has 4 nitrogen and oxygen atoms in total. The average molecular weight is 359 g/mol. The third-order valence-electron chi connectivity index (χ3n) is 5.48. The Morgan fingerprint density at radius 1 is 1.16 bits per heavy atom. The molecule has 130 valence electrons. The zero-order chi connectivity index (χ0) is 17.4. The number of nitrogens with zero attached hydrogens (tertiary/aromatic N) is 4. The second-order valence-corrected chi connectivity index (χ2v) is 7.25. The highest BCUT2D eigenvalue weighted by atomic mass is 35.5. The molecule has 2 aliphatic rings. The van der Waals surface area contributed by atoms with Gasteiger partial charge in [-0.25, -0.2) is 4.39 Å². The van der Waals surface area contributed by atoms with Crippen LogP contribution < -0.4 is 4.90 Å². The lowest BCUT2D eigenvalue weighted by molar-refractivity contribution is 0.187. The van der Waals surface area contributed by atoms with Crippen LogP contribution in [0.15, 0.2) is 18.3 Å². The molecule has 1 aromatic heterocycles. The first kappa shape index (κ1) is 16.6. The number of pyridine rings is 1. The SMILES string of the molecule is N#Cc1cnc2c(F)ccc(Cl)c2c1N1CCN(C2CCCC2)CC1. The summed E-state index contributed by atoms with van der Waals surface area (Å²) < 4.78 is 14.2. The van der Waals surface area contributed by atoms with Crippen molar-refractivity contribution in [3.05, 3.63) is 34.7 Å². The summed E-state index contributed by atoms with van der Waals surface area (Å²) in [4.78, 5) is 8.85. The summed E-state index contributed by atoms with van der Waals surface area (Å²) in [7, 11) is 0. The molecule has 2 aromatic rings. The number of halogens is 2. The molecule has 1 aliphatic heterocycles. The lowest BCUT2D eigenvalue weighted by atomic mass is 10.1. The molecule has 0 spiro atoms. The van der Waals surface area contributed by atoms with E-state index in [1.165, 1.54) is 37.9 Å². The fraction of sp³-hybridized carbons (Fsp3) is 0.474. The predicted molar refractivity (Wildman–Crippen MR) is 97.5 cm³/mol. The Balaban J connectivity index is 1.69. The quantitative estimate of drug-likeness (QED) is 0.814. The number of fused-ring (bicyclic) bond motifs is 1. The molecule has 2 heterocycles. The minimum atomic E-state index is -0.408. The van der Waals surface area contributed by atoms with Gasteiger partial charge in [0.15, 0.2) is 0 Å². The highest BCUT2D eigenvalue weighted by Crippen LogP contribution is 2.36. The monoisotopic (exact) mass is 358 g/mol. The van der Waals surface area contributed by atoms with Crippen LogP contribution in [0.3, 0.4) is 0 Å². The maximum absolute atomic E-state index is 14.2. The van der Waals surface area contributed by atoms with Gasteiger partial charge in [0, 0.05) is 43.8 Å². The summed E-state index contributed by atoms with van der Waals surface area (Å²) in [6.45, 7) is 3.56. The van der Waals surface area contributed by atoms with Crippen molar-refractivity contribution in [2.45, 2.75) is 31.7 Å². The summed E-state index contributed by atoms with van der Waals surface area (Å²) in [6, 6.07) is 5.77. The molecule has 25 heavy (non-hydrogen) atoms. The second-order valence-electron chi connectivity index (χ2n) is 6.85. The lowest BCUT2D eigenvalue weighted by Gasteiger charge is -2.39. The van der Waals surface area contributed by atoms with Gasteiger partial charge in [-0.1, -0.05) is 24.4 Å². The standard InChI is InChI=1S/C19H20ClFN4/c20-15-5-6-16(21)18-17(15)19(13(11-22)12-23-18)25-9-7-24(8-10-25)14-3-1-2-4-14/h5-6,12,14H,1-4,7-10H2. The van der Waals surface area contributed by atoms with E-state index in [9.17, 15) is 9.65 Å². The van der Waals surface area contributed by atoms with Gasteiger partial charge in [-0.3, -0.25) is 9.88 Å². The number of anilines is 1. The third-order valence-corrected chi connectivity index (χ3v) is 5.80. The number of hydrogen-bond acceptors (Lipinski definition) is 4. The van der Waals surface area contributed by atoms with E-state index < -0.39 is 5.82 Å². The Morgan fingerprint density at radius 3 is 2.56 bits per heavy atom. The van der Waals surface area contributed by atoms with Crippen molar-refractivity contribution in [3.8, 4) is 6.07 Å². The first-order valence-electron chi connectivity index (χ1n) is 8.85. The number of benzene rings is 1. The highest BCUT2D eigenvalue weighted by molar-refractivity contribution is 6.36. The number of hydrogen-bond donors (Lipinski definition) is 0. The van der Waals surface area contributed by atoms with Crippen LogP contribution in [0.25, 0.3) is 10.9 Å². The minimum absolute atomic E-state index is 0.236. The van der Waals surface area contributed by atoms with Crippen LogP contribution in [0.2, 0.25) is 5.02 Å². The average Bonchev–Trinajstić information content (AvgIpc) is 3.19. The van der Waals surface area contributed by atoms with Crippen LogP contribution in [0.1, 0.15) is 31.2 Å². The van der Waals surface area contributed by atoms with E-state index in [1.807, 2.05) is 0 Å². The van der Waals surface area contributed by atoms with Crippen molar-refractivity contribution in [1.29, 1.82) is 5.26 Å². The largest absolute Gasteiger partial charge is 0.367 e. The first-order valence-corrected chi connectivity index (χ1v) is 9.22. The molecule has 1 aromatic carbocycles. The molecular formula is C19H20ClFN4. The van der Waals surface area contributed by atoms with Crippen molar-refractivity contribution in [2.24, 2.45) is 0 Å². The van der Waals surface area contributed by atoms with Gasteiger partial charge in [0.25, 0.3) is 0 Å². The van der Waals surface area contributed by atoms with Crippen LogP contribution in [0.5, 0.6) is 0 Å². The fourth-order valence-corrected chi connectivity index (χ4v) is 4.45. The summed E-state index contributed by atoms with van der Waals surface area (Å²) in [5.74, 6) is -0.408. The number of piperazine rings is 1. The summed E-state index contributed by atoms with van der Waals surface area (Å²) >= 11 is 6.36. The smallest absolute Gasteiger partial charge is 0.149 e. The molecule has 4 rings (SSSR count). The lowest BCUT2D eigenvalue weighted by Crippen LogP contribution is -2.50. The second kappa shape index (κ2) is 6.78. The van der Waals surface area contributed by atoms with Crippen molar-refractivity contribution in [2.75, 3.05) is 31.1 Å². The molecular weight excluding hydrogens is 339 g/mol. The van der Waals surface area contributed by atoms with Crippen molar-refractivity contribution < 1.29 is 4.39 Å². The first-order chi connectivity index (χ1) is 12.2. The number of aromatic nitrogens is 1. The van der Waals surface area contributed by atoms with Gasteiger partial charge in [-0.05, 0) is 25.0 Å². The summed E-state index contributed by atoms with van der Waals surface area (Å²) in [6.07, 6.45) is 6.69. The normalized spacial score (nSPS) is 19.5. The third kappa shape index (κ3) is 2.94. The fourth-order valence-electron chi connectivity index (χ4n) is 4.21. The van der Waals surface area contributed by atoms with E-state index in [1.54, 1.807) is 6.07 Å². The Morgan fingerprint density at radius 2 is 1.88 bits per heavy atom. The molecule has 0 N–H and O–H groups in total. The zero-order valence-corrected chi connectivity index (χ0v) is 14.8. The maximum Gasteiger partial charge on any atom is 0.149 e. The molecule has 0 unspecified atom stereocenters. The molecule has 0 amide bonds. The predicted octanol–water partition coefficient (Wildman–Crippen LogP) is 3.96. The Hall–Kier alpha value is -1.90. The molecule has 0 atom stereocenters. The molecule has 1 aliphatic carbocycles. The Labute approximate surface area is 151 Å². The molecule has 0 bridgehead atoms. The van der Waals surface area contributed by atoms with Gasteiger partial charge in [0.2, 0.25) is 0 Å². The molecule has 1 saturated carbocycles. The van der Waals surface area contributed by atoms with Crippen molar-refractivity contribution in [3.63, 3.8) is 0 Å². The minimum Gasteiger partial charge on any atom is -0.367 e. The topological polar surface area (TPSA) is 43.2 Å². The van der Waals surface area contributed by atoms with E-state index >= 15 is 0 Å². The molecule has 1 saturated heterocycles. The van der Waals surface area contributed by atoms with Gasteiger partial charge in [-0.2, -0.15) is 5.26 Å². The van der Waals surface area contributed by atoms with Crippen LogP contribution in [-0.4, -0.2) is 42.1 Å². The van der Waals surface area contributed by atoms with Gasteiger partial charge in [-0.15, -0.1) is 0 Å². The van der Waals surface area contributed by atoms with E-state index in [2.05, 4.69) is 20.9 Å². The maximum atomic E-state index is 14.2. The van der Waals surface area contributed by atoms with Gasteiger partial charge < -0.3 is 4.90 Å². The van der Waals surface area contributed by atoms with E-state index in [0.29, 0.717) is 22.0 Å². The number of rotatable bonds is 2. The number of nitriles is 1.